The fraction of sp³-hybridized carbons (Fsp3) is 0.481. The SMILES string of the molecule is CC(C)=CC(CC(C)(C)c1ccc(Cl)cc1)N1CCC(Cc2ccccc2)CC1. The molecule has 1 nitrogen and oxygen atoms in total. The third kappa shape index (κ3) is 6.46. The van der Waals surface area contributed by atoms with E-state index in [4.69, 9.17) is 11.6 Å². The minimum atomic E-state index is 0.113. The standard InChI is InChI=1S/C27H36ClN/c1-21(2)18-26(20-27(3,4)24-10-12-25(28)13-11-24)29-16-14-23(15-17-29)19-22-8-6-5-7-9-22/h5-13,18,23,26H,14-17,19-20H2,1-4H3. The normalized spacial score (nSPS) is 17.1. The van der Waals surface area contributed by atoms with Gasteiger partial charge < -0.3 is 0 Å². The molecule has 1 fully saturated rings. The number of benzene rings is 2. The fourth-order valence-electron chi connectivity index (χ4n) is 4.66. The first kappa shape index (κ1) is 22.1. The van der Waals surface area contributed by atoms with E-state index in [1.807, 2.05) is 12.1 Å². The molecule has 1 atom stereocenters. The zero-order chi connectivity index (χ0) is 20.9. The van der Waals surface area contributed by atoms with Gasteiger partial charge in [0, 0.05) is 11.1 Å². The maximum Gasteiger partial charge on any atom is 0.0406 e. The average molecular weight is 410 g/mol. The third-order valence-corrected chi connectivity index (χ3v) is 6.61. The Labute approximate surface area is 182 Å². The first-order chi connectivity index (χ1) is 13.8. The van der Waals surface area contributed by atoms with Crippen LogP contribution in [0.5, 0.6) is 0 Å². The first-order valence-electron chi connectivity index (χ1n) is 11.0. The van der Waals surface area contributed by atoms with Crippen molar-refractivity contribution >= 4 is 11.6 Å². The van der Waals surface area contributed by atoms with Gasteiger partial charge in [0.1, 0.15) is 0 Å². The lowest BCUT2D eigenvalue weighted by molar-refractivity contribution is 0.136. The van der Waals surface area contributed by atoms with E-state index in [9.17, 15) is 0 Å². The second-order valence-corrected chi connectivity index (χ2v) is 10.0. The average Bonchev–Trinajstić information content (AvgIpc) is 2.69. The summed E-state index contributed by atoms with van der Waals surface area (Å²) in [5.74, 6) is 0.810. The van der Waals surface area contributed by atoms with E-state index in [0.29, 0.717) is 6.04 Å². The Morgan fingerprint density at radius 2 is 1.66 bits per heavy atom. The van der Waals surface area contributed by atoms with Crippen LogP contribution in [0.2, 0.25) is 5.02 Å². The van der Waals surface area contributed by atoms with Crippen LogP contribution in [0.3, 0.4) is 0 Å². The molecule has 1 aliphatic rings. The molecule has 0 bridgehead atoms. The van der Waals surface area contributed by atoms with Crippen molar-refractivity contribution in [1.29, 1.82) is 0 Å². The van der Waals surface area contributed by atoms with E-state index in [2.05, 4.69) is 81.1 Å². The smallest absolute Gasteiger partial charge is 0.0406 e. The van der Waals surface area contributed by atoms with Gasteiger partial charge in [0.15, 0.2) is 0 Å². The van der Waals surface area contributed by atoms with Gasteiger partial charge in [-0.05, 0) is 87.2 Å². The monoisotopic (exact) mass is 409 g/mol. The maximum absolute atomic E-state index is 6.11. The number of allylic oxidation sites excluding steroid dienone is 1. The van der Waals surface area contributed by atoms with Crippen LogP contribution in [0, 0.1) is 5.92 Å². The molecule has 0 amide bonds. The zero-order valence-electron chi connectivity index (χ0n) is 18.5. The molecule has 156 valence electrons. The Kier molecular flexibility index (Phi) is 7.60. The van der Waals surface area contributed by atoms with Crippen LogP contribution in [-0.4, -0.2) is 24.0 Å². The van der Waals surface area contributed by atoms with Crippen LogP contribution in [0.1, 0.15) is 58.1 Å². The van der Waals surface area contributed by atoms with Crippen molar-refractivity contribution in [3.63, 3.8) is 0 Å². The van der Waals surface area contributed by atoms with E-state index in [-0.39, 0.29) is 5.41 Å². The summed E-state index contributed by atoms with van der Waals surface area (Å²) in [5, 5.41) is 0.811. The molecule has 0 radical (unpaired) electrons. The number of nitrogens with zero attached hydrogens (tertiary/aromatic N) is 1. The van der Waals surface area contributed by atoms with Gasteiger partial charge in [0.2, 0.25) is 0 Å². The lowest BCUT2D eigenvalue weighted by Gasteiger charge is -2.40. The minimum Gasteiger partial charge on any atom is -0.297 e. The number of hydrogen-bond acceptors (Lipinski definition) is 1. The lowest BCUT2D eigenvalue weighted by Crippen LogP contribution is -2.43. The first-order valence-corrected chi connectivity index (χ1v) is 11.4. The molecular weight excluding hydrogens is 374 g/mol. The predicted octanol–water partition coefficient (Wildman–Crippen LogP) is 7.30. The summed E-state index contributed by atoms with van der Waals surface area (Å²) in [6.45, 7) is 11.6. The summed E-state index contributed by atoms with van der Waals surface area (Å²) in [4.78, 5) is 2.71. The highest BCUT2D eigenvalue weighted by atomic mass is 35.5. The van der Waals surface area contributed by atoms with Crippen LogP contribution in [0.4, 0.5) is 0 Å². The van der Waals surface area contributed by atoms with Gasteiger partial charge >= 0.3 is 0 Å². The molecule has 29 heavy (non-hydrogen) atoms. The summed E-state index contributed by atoms with van der Waals surface area (Å²) >= 11 is 6.11. The van der Waals surface area contributed by atoms with Gasteiger partial charge in [-0.2, -0.15) is 0 Å². The van der Waals surface area contributed by atoms with Crippen LogP contribution in [0.15, 0.2) is 66.2 Å². The van der Waals surface area contributed by atoms with E-state index in [0.717, 1.165) is 17.4 Å². The molecule has 0 N–H and O–H groups in total. The quantitative estimate of drug-likeness (QED) is 0.433. The highest BCUT2D eigenvalue weighted by Crippen LogP contribution is 2.33. The Morgan fingerprint density at radius 3 is 2.24 bits per heavy atom. The number of hydrogen-bond donors (Lipinski definition) is 0. The van der Waals surface area contributed by atoms with Crippen molar-refractivity contribution in [3.05, 3.63) is 82.4 Å². The van der Waals surface area contributed by atoms with Gasteiger partial charge in [-0.1, -0.05) is 79.6 Å². The van der Waals surface area contributed by atoms with E-state index >= 15 is 0 Å². The molecule has 1 unspecified atom stereocenters. The van der Waals surface area contributed by atoms with Crippen LogP contribution in [-0.2, 0) is 11.8 Å². The summed E-state index contributed by atoms with van der Waals surface area (Å²) in [5.41, 5.74) is 4.37. The van der Waals surface area contributed by atoms with Gasteiger partial charge in [-0.25, -0.2) is 0 Å². The van der Waals surface area contributed by atoms with Gasteiger partial charge in [0.25, 0.3) is 0 Å². The number of likely N-dealkylation sites (tertiary alicyclic amines) is 1. The van der Waals surface area contributed by atoms with Crippen molar-refractivity contribution in [1.82, 2.24) is 4.90 Å². The van der Waals surface area contributed by atoms with E-state index in [1.165, 1.54) is 49.1 Å². The van der Waals surface area contributed by atoms with Crippen molar-refractivity contribution in [2.45, 2.75) is 64.8 Å². The molecule has 2 aromatic rings. The third-order valence-electron chi connectivity index (χ3n) is 6.36. The predicted molar refractivity (Wildman–Crippen MR) is 127 cm³/mol. The molecule has 1 aliphatic heterocycles. The maximum atomic E-state index is 6.11. The number of rotatable bonds is 7. The van der Waals surface area contributed by atoms with Crippen LogP contribution < -0.4 is 0 Å². The topological polar surface area (TPSA) is 3.24 Å². The second-order valence-electron chi connectivity index (χ2n) is 9.58. The zero-order valence-corrected chi connectivity index (χ0v) is 19.3. The lowest BCUT2D eigenvalue weighted by atomic mass is 9.78. The summed E-state index contributed by atoms with van der Waals surface area (Å²) in [6.07, 6.45) is 7.42. The Balaban J connectivity index is 1.65. The van der Waals surface area contributed by atoms with Gasteiger partial charge in [-0.3, -0.25) is 4.90 Å². The molecule has 0 spiro atoms. The molecule has 0 aromatic heterocycles. The van der Waals surface area contributed by atoms with Crippen molar-refractivity contribution in [2.75, 3.05) is 13.1 Å². The van der Waals surface area contributed by atoms with Gasteiger partial charge in [0.05, 0.1) is 0 Å². The molecule has 2 heteroatoms. The summed E-state index contributed by atoms with van der Waals surface area (Å²) < 4.78 is 0. The van der Waals surface area contributed by atoms with E-state index in [1.54, 1.807) is 0 Å². The number of halogens is 1. The fourth-order valence-corrected chi connectivity index (χ4v) is 4.78. The van der Waals surface area contributed by atoms with Crippen molar-refractivity contribution < 1.29 is 0 Å². The summed E-state index contributed by atoms with van der Waals surface area (Å²) in [6, 6.07) is 19.9. The van der Waals surface area contributed by atoms with Gasteiger partial charge in [-0.15, -0.1) is 0 Å². The highest BCUT2D eigenvalue weighted by molar-refractivity contribution is 6.30. The molecule has 0 aliphatic carbocycles. The molecular formula is C27H36ClN. The van der Waals surface area contributed by atoms with E-state index < -0.39 is 0 Å². The Morgan fingerprint density at radius 1 is 1.03 bits per heavy atom. The Hall–Kier alpha value is -1.57. The minimum absolute atomic E-state index is 0.113. The van der Waals surface area contributed by atoms with Crippen LogP contribution >= 0.6 is 11.6 Å². The molecule has 1 saturated heterocycles. The second kappa shape index (κ2) is 9.96. The Bertz CT molecular complexity index is 779. The molecule has 1 heterocycles. The van der Waals surface area contributed by atoms with Crippen molar-refractivity contribution in [2.24, 2.45) is 5.92 Å². The number of piperidine rings is 1. The van der Waals surface area contributed by atoms with Crippen LogP contribution in [0.25, 0.3) is 0 Å². The molecule has 3 rings (SSSR count). The molecule has 0 saturated carbocycles. The van der Waals surface area contributed by atoms with Crippen molar-refractivity contribution in [3.8, 4) is 0 Å². The molecule has 2 aromatic carbocycles. The highest BCUT2D eigenvalue weighted by Gasteiger charge is 2.30. The largest absolute Gasteiger partial charge is 0.297 e. The summed E-state index contributed by atoms with van der Waals surface area (Å²) in [7, 11) is 0.